The number of aryl methyl sites for hydroxylation is 1. The van der Waals surface area contributed by atoms with Gasteiger partial charge in [-0.3, -0.25) is 0 Å². The van der Waals surface area contributed by atoms with Gasteiger partial charge in [-0.1, -0.05) is 60.7 Å². The summed E-state index contributed by atoms with van der Waals surface area (Å²) in [6, 6.07) is 20.1. The molecule has 25 heavy (non-hydrogen) atoms. The quantitative estimate of drug-likeness (QED) is 0.723. The predicted molar refractivity (Wildman–Crippen MR) is 94.8 cm³/mol. The fourth-order valence-electron chi connectivity index (χ4n) is 2.92. The molecule has 0 saturated heterocycles. The largest absolute Gasteiger partial charge is 0.498 e. The summed E-state index contributed by atoms with van der Waals surface area (Å²) in [6.07, 6.45) is 2.09. The van der Waals surface area contributed by atoms with Crippen molar-refractivity contribution < 1.29 is 19.0 Å². The molecule has 0 aliphatic carbocycles. The van der Waals surface area contributed by atoms with E-state index in [1.54, 1.807) is 7.11 Å². The first-order valence-corrected chi connectivity index (χ1v) is 8.42. The smallest absolute Gasteiger partial charge is 0.334 e. The van der Waals surface area contributed by atoms with Crippen LogP contribution in [-0.4, -0.2) is 25.3 Å². The summed E-state index contributed by atoms with van der Waals surface area (Å²) < 4.78 is 17.0. The molecule has 0 saturated carbocycles. The summed E-state index contributed by atoms with van der Waals surface area (Å²) in [5.74, 6) is 0.139. The summed E-state index contributed by atoms with van der Waals surface area (Å²) in [4.78, 5) is 11.8. The van der Waals surface area contributed by atoms with Crippen LogP contribution in [0.1, 0.15) is 17.5 Å². The van der Waals surface area contributed by atoms with Gasteiger partial charge in [0.1, 0.15) is 11.9 Å². The molecule has 0 fully saturated rings. The van der Waals surface area contributed by atoms with Gasteiger partial charge in [0.2, 0.25) is 0 Å². The third-order valence-corrected chi connectivity index (χ3v) is 4.21. The second kappa shape index (κ2) is 8.49. The highest BCUT2D eigenvalue weighted by molar-refractivity contribution is 5.83. The Morgan fingerprint density at radius 2 is 1.60 bits per heavy atom. The molecule has 0 aromatic heterocycles. The van der Waals surface area contributed by atoms with E-state index in [0.29, 0.717) is 18.8 Å². The number of hydrogen-bond donors (Lipinski definition) is 0. The number of benzene rings is 2. The van der Waals surface area contributed by atoms with Gasteiger partial charge in [-0.25, -0.2) is 4.79 Å². The topological polar surface area (TPSA) is 44.8 Å². The van der Waals surface area contributed by atoms with Crippen molar-refractivity contribution in [2.45, 2.75) is 31.7 Å². The van der Waals surface area contributed by atoms with E-state index >= 15 is 0 Å². The molecule has 0 bridgehead atoms. The van der Waals surface area contributed by atoms with E-state index in [4.69, 9.17) is 14.2 Å². The molecular formula is C21H22O4. The van der Waals surface area contributed by atoms with E-state index < -0.39 is 6.10 Å². The van der Waals surface area contributed by atoms with Crippen molar-refractivity contribution in [1.29, 1.82) is 0 Å². The molecule has 2 atom stereocenters. The normalized spacial score (nSPS) is 19.9. The number of methoxy groups -OCH3 is 1. The Hall–Kier alpha value is -2.59. The Labute approximate surface area is 148 Å². The van der Waals surface area contributed by atoms with E-state index in [-0.39, 0.29) is 12.1 Å². The van der Waals surface area contributed by atoms with Crippen molar-refractivity contribution in [2.75, 3.05) is 7.11 Å². The van der Waals surface area contributed by atoms with Crippen LogP contribution in [0.4, 0.5) is 0 Å². The first-order valence-electron chi connectivity index (χ1n) is 8.42. The molecule has 0 unspecified atom stereocenters. The maximum atomic E-state index is 11.8. The molecule has 1 aliphatic rings. The van der Waals surface area contributed by atoms with Crippen molar-refractivity contribution in [2.24, 2.45) is 0 Å². The van der Waals surface area contributed by atoms with Crippen molar-refractivity contribution in [3.05, 3.63) is 83.6 Å². The van der Waals surface area contributed by atoms with Gasteiger partial charge in [-0.2, -0.15) is 0 Å². The molecule has 3 rings (SSSR count). The zero-order valence-electron chi connectivity index (χ0n) is 14.3. The Kier molecular flexibility index (Phi) is 5.86. The fraction of sp³-hybridized carbons (Fsp3) is 0.286. The molecule has 2 aromatic rings. The van der Waals surface area contributed by atoms with E-state index in [1.165, 1.54) is 11.6 Å². The predicted octanol–water partition coefficient (Wildman–Crippen LogP) is 3.66. The number of ether oxygens (including phenoxy) is 3. The molecule has 2 aromatic carbocycles. The van der Waals surface area contributed by atoms with Crippen molar-refractivity contribution in [3.63, 3.8) is 0 Å². The minimum absolute atomic E-state index is 0.364. The van der Waals surface area contributed by atoms with Crippen LogP contribution in [-0.2, 0) is 32.0 Å². The Morgan fingerprint density at radius 3 is 2.24 bits per heavy atom. The standard InChI is InChI=1S/C21H22O4/c1-23-19-14-20(22)25-18(13-12-16-8-4-2-5-9-16)21(19)24-15-17-10-6-3-7-11-17/h2-11,14,18,21H,12-13,15H2,1H3/t18-,21+/m1/s1. The third kappa shape index (κ3) is 4.70. The molecule has 0 amide bonds. The Balaban J connectivity index is 1.69. The molecule has 0 radical (unpaired) electrons. The zero-order chi connectivity index (χ0) is 17.5. The van der Waals surface area contributed by atoms with Crippen LogP contribution in [0.2, 0.25) is 0 Å². The summed E-state index contributed by atoms with van der Waals surface area (Å²) in [5.41, 5.74) is 2.27. The molecule has 4 heteroatoms. The van der Waals surface area contributed by atoms with Gasteiger partial charge in [-0.15, -0.1) is 0 Å². The lowest BCUT2D eigenvalue weighted by Gasteiger charge is -2.31. The summed E-state index contributed by atoms with van der Waals surface area (Å²) in [7, 11) is 1.55. The number of esters is 1. The lowest BCUT2D eigenvalue weighted by molar-refractivity contribution is -0.157. The molecule has 4 nitrogen and oxygen atoms in total. The monoisotopic (exact) mass is 338 g/mol. The summed E-state index contributed by atoms with van der Waals surface area (Å²) in [5, 5.41) is 0. The molecule has 130 valence electrons. The molecule has 1 aliphatic heterocycles. The van der Waals surface area contributed by atoms with Crippen LogP contribution in [0, 0.1) is 0 Å². The zero-order valence-corrected chi connectivity index (χ0v) is 14.3. The fourth-order valence-corrected chi connectivity index (χ4v) is 2.92. The number of rotatable bonds is 7. The Morgan fingerprint density at radius 1 is 0.960 bits per heavy atom. The first kappa shape index (κ1) is 17.2. The van der Waals surface area contributed by atoms with Crippen LogP contribution >= 0.6 is 0 Å². The lowest BCUT2D eigenvalue weighted by Crippen LogP contribution is -2.39. The number of carbonyl (C=O) groups is 1. The van der Waals surface area contributed by atoms with E-state index in [9.17, 15) is 4.79 Å². The maximum Gasteiger partial charge on any atom is 0.334 e. The highest BCUT2D eigenvalue weighted by atomic mass is 16.6. The lowest BCUT2D eigenvalue weighted by atomic mass is 10.0. The highest BCUT2D eigenvalue weighted by Crippen LogP contribution is 2.25. The van der Waals surface area contributed by atoms with Crippen molar-refractivity contribution in [3.8, 4) is 0 Å². The van der Waals surface area contributed by atoms with E-state index in [0.717, 1.165) is 12.0 Å². The van der Waals surface area contributed by atoms with Gasteiger partial charge in [0.05, 0.1) is 19.8 Å². The van der Waals surface area contributed by atoms with Crippen LogP contribution in [0.5, 0.6) is 0 Å². The average Bonchev–Trinajstić information content (AvgIpc) is 2.66. The minimum atomic E-state index is -0.397. The van der Waals surface area contributed by atoms with Crippen molar-refractivity contribution >= 4 is 5.97 Å². The van der Waals surface area contributed by atoms with E-state index in [2.05, 4.69) is 12.1 Å². The molecule has 0 spiro atoms. The number of carbonyl (C=O) groups excluding carboxylic acids is 1. The summed E-state index contributed by atoms with van der Waals surface area (Å²) >= 11 is 0. The van der Waals surface area contributed by atoms with Crippen LogP contribution in [0.25, 0.3) is 0 Å². The molecule has 1 heterocycles. The SMILES string of the molecule is COC1=CC(=O)O[C@H](CCc2ccccc2)[C@@H]1OCc1ccccc1. The first-order chi connectivity index (χ1) is 12.3. The van der Waals surface area contributed by atoms with Gasteiger partial charge >= 0.3 is 5.97 Å². The van der Waals surface area contributed by atoms with Gasteiger partial charge in [0.25, 0.3) is 0 Å². The second-order valence-electron chi connectivity index (χ2n) is 5.97. The minimum Gasteiger partial charge on any atom is -0.498 e. The van der Waals surface area contributed by atoms with Crippen molar-refractivity contribution in [1.82, 2.24) is 0 Å². The number of cyclic esters (lactones) is 1. The van der Waals surface area contributed by atoms with Gasteiger partial charge in [0, 0.05) is 0 Å². The number of hydrogen-bond acceptors (Lipinski definition) is 4. The third-order valence-electron chi connectivity index (χ3n) is 4.21. The second-order valence-corrected chi connectivity index (χ2v) is 5.97. The average molecular weight is 338 g/mol. The van der Waals surface area contributed by atoms with Crippen LogP contribution in [0.3, 0.4) is 0 Å². The van der Waals surface area contributed by atoms with Crippen LogP contribution in [0.15, 0.2) is 72.5 Å². The molecule has 0 N–H and O–H groups in total. The maximum absolute atomic E-state index is 11.8. The van der Waals surface area contributed by atoms with Gasteiger partial charge < -0.3 is 14.2 Å². The highest BCUT2D eigenvalue weighted by Gasteiger charge is 2.34. The Bertz CT molecular complexity index is 709. The van der Waals surface area contributed by atoms with E-state index in [1.807, 2.05) is 48.5 Å². The van der Waals surface area contributed by atoms with Gasteiger partial charge in [0.15, 0.2) is 6.10 Å². The molecular weight excluding hydrogens is 316 g/mol. The van der Waals surface area contributed by atoms with Gasteiger partial charge in [-0.05, 0) is 24.0 Å². The summed E-state index contributed by atoms with van der Waals surface area (Å²) in [6.45, 7) is 0.436. The van der Waals surface area contributed by atoms with Crippen LogP contribution < -0.4 is 0 Å².